The molecule has 0 unspecified atom stereocenters. The second-order valence-electron chi connectivity index (χ2n) is 5.56. The zero-order valence-electron chi connectivity index (χ0n) is 15.1. The number of hydrogen-bond donors (Lipinski definition) is 0. The first kappa shape index (κ1) is 18.3. The van der Waals surface area contributed by atoms with Crippen LogP contribution in [0.5, 0.6) is 23.0 Å². The van der Waals surface area contributed by atoms with E-state index in [1.807, 2.05) is 36.4 Å². The summed E-state index contributed by atoms with van der Waals surface area (Å²) in [6.07, 6.45) is 0. The number of anilines is 1. The highest BCUT2D eigenvalue weighted by molar-refractivity contribution is 8.00. The van der Waals surface area contributed by atoms with Gasteiger partial charge in [0.1, 0.15) is 11.1 Å². The van der Waals surface area contributed by atoms with E-state index in [1.54, 1.807) is 45.1 Å². The van der Waals surface area contributed by atoms with Crippen LogP contribution in [0.2, 0.25) is 0 Å². The van der Waals surface area contributed by atoms with E-state index in [-0.39, 0.29) is 11.3 Å². The van der Waals surface area contributed by atoms with Crippen molar-refractivity contribution in [3.63, 3.8) is 0 Å². The molecule has 138 valence electrons. The second-order valence-corrected chi connectivity index (χ2v) is 6.63. The molecule has 0 bridgehead atoms. The summed E-state index contributed by atoms with van der Waals surface area (Å²) in [6, 6.07) is 11.2. The Kier molecular flexibility index (Phi) is 5.46. The Labute approximate surface area is 157 Å². The molecular weight excluding hydrogens is 354 g/mol. The minimum Gasteiger partial charge on any atom is -0.495 e. The van der Waals surface area contributed by atoms with E-state index in [4.69, 9.17) is 18.9 Å². The van der Waals surface area contributed by atoms with Gasteiger partial charge in [-0.2, -0.15) is 0 Å². The number of methoxy groups -OCH3 is 4. The van der Waals surface area contributed by atoms with Gasteiger partial charge in [0, 0.05) is 0 Å². The Hall–Kier alpha value is -2.54. The summed E-state index contributed by atoms with van der Waals surface area (Å²) in [6.45, 7) is 0. The van der Waals surface area contributed by atoms with Gasteiger partial charge in [-0.25, -0.2) is 0 Å². The van der Waals surface area contributed by atoms with Crippen LogP contribution in [0.3, 0.4) is 0 Å². The first-order chi connectivity index (χ1) is 12.6. The smallest absolute Gasteiger partial charge is 0.238 e. The first-order valence-electron chi connectivity index (χ1n) is 8.01. The highest BCUT2D eigenvalue weighted by Crippen LogP contribution is 2.48. The number of carbonyl (C=O) groups is 1. The number of carbonyl (C=O) groups excluding carboxylic acids is 1. The molecule has 0 aliphatic carbocycles. The molecule has 2 aromatic rings. The number of benzene rings is 2. The highest BCUT2D eigenvalue weighted by Gasteiger charge is 2.36. The van der Waals surface area contributed by atoms with Crippen molar-refractivity contribution in [2.45, 2.75) is 5.37 Å². The molecule has 2 aromatic carbocycles. The highest BCUT2D eigenvalue weighted by atomic mass is 32.2. The minimum atomic E-state index is -0.215. The summed E-state index contributed by atoms with van der Waals surface area (Å²) in [5.41, 5.74) is 1.63. The predicted molar refractivity (Wildman–Crippen MR) is 102 cm³/mol. The van der Waals surface area contributed by atoms with E-state index in [0.29, 0.717) is 28.8 Å². The van der Waals surface area contributed by atoms with E-state index >= 15 is 0 Å². The number of hydrogen-bond acceptors (Lipinski definition) is 6. The van der Waals surface area contributed by atoms with Crippen molar-refractivity contribution in [3.05, 3.63) is 42.0 Å². The molecule has 1 amide bonds. The third-order valence-electron chi connectivity index (χ3n) is 4.18. The fourth-order valence-corrected chi connectivity index (χ4v) is 4.15. The zero-order valence-corrected chi connectivity index (χ0v) is 16.0. The fraction of sp³-hybridized carbons (Fsp3) is 0.316. The van der Waals surface area contributed by atoms with Crippen LogP contribution in [0.25, 0.3) is 0 Å². The lowest BCUT2D eigenvalue weighted by Crippen LogP contribution is -2.28. The van der Waals surface area contributed by atoms with Crippen molar-refractivity contribution >= 4 is 23.4 Å². The third-order valence-corrected chi connectivity index (χ3v) is 5.40. The number of thioether (sulfide) groups is 1. The fourth-order valence-electron chi connectivity index (χ4n) is 3.00. The van der Waals surface area contributed by atoms with Crippen molar-refractivity contribution in [2.24, 2.45) is 0 Å². The molecule has 7 heteroatoms. The van der Waals surface area contributed by atoms with E-state index in [2.05, 4.69) is 0 Å². The van der Waals surface area contributed by atoms with Gasteiger partial charge in [0.2, 0.25) is 11.7 Å². The van der Waals surface area contributed by atoms with Gasteiger partial charge in [-0.05, 0) is 29.8 Å². The number of rotatable bonds is 6. The topological polar surface area (TPSA) is 57.2 Å². The lowest BCUT2D eigenvalue weighted by molar-refractivity contribution is -0.115. The Morgan fingerprint density at radius 2 is 1.54 bits per heavy atom. The van der Waals surface area contributed by atoms with Gasteiger partial charge < -0.3 is 18.9 Å². The van der Waals surface area contributed by atoms with Crippen LogP contribution in [0.4, 0.5) is 5.69 Å². The second kappa shape index (κ2) is 7.78. The number of nitrogens with zero attached hydrogens (tertiary/aromatic N) is 1. The van der Waals surface area contributed by atoms with Crippen molar-refractivity contribution in [1.82, 2.24) is 0 Å². The molecule has 0 aromatic heterocycles. The quantitative estimate of drug-likeness (QED) is 0.770. The standard InChI is InChI=1S/C19H21NO5S/c1-22-14-8-6-5-7-13(14)20-17(21)11-26-19(20)12-9-15(23-2)18(25-4)16(10-12)24-3/h5-10,19H,11H2,1-4H3/t19-/m0/s1. The van der Waals surface area contributed by atoms with Crippen LogP contribution in [-0.2, 0) is 4.79 Å². The Bertz CT molecular complexity index is 785. The van der Waals surface area contributed by atoms with Crippen LogP contribution in [0.15, 0.2) is 36.4 Å². The lowest BCUT2D eigenvalue weighted by atomic mass is 10.1. The molecule has 0 spiro atoms. The van der Waals surface area contributed by atoms with E-state index in [0.717, 1.165) is 11.3 Å². The van der Waals surface area contributed by atoms with Gasteiger partial charge in [0.15, 0.2) is 11.5 Å². The molecule has 6 nitrogen and oxygen atoms in total. The molecule has 1 aliphatic rings. The van der Waals surface area contributed by atoms with Crippen LogP contribution >= 0.6 is 11.8 Å². The van der Waals surface area contributed by atoms with E-state index < -0.39 is 0 Å². The first-order valence-corrected chi connectivity index (χ1v) is 9.06. The van der Waals surface area contributed by atoms with Gasteiger partial charge in [-0.3, -0.25) is 9.69 Å². The van der Waals surface area contributed by atoms with Crippen molar-refractivity contribution < 1.29 is 23.7 Å². The molecule has 1 fully saturated rings. The maximum Gasteiger partial charge on any atom is 0.238 e. The van der Waals surface area contributed by atoms with Gasteiger partial charge in [-0.1, -0.05) is 12.1 Å². The predicted octanol–water partition coefficient (Wildman–Crippen LogP) is 3.50. The van der Waals surface area contributed by atoms with E-state index in [9.17, 15) is 4.79 Å². The molecule has 26 heavy (non-hydrogen) atoms. The third kappa shape index (κ3) is 3.14. The maximum atomic E-state index is 12.6. The SMILES string of the molecule is COc1ccccc1N1C(=O)CS[C@H]1c1cc(OC)c(OC)c(OC)c1. The summed E-state index contributed by atoms with van der Waals surface area (Å²) < 4.78 is 21.7. The average molecular weight is 375 g/mol. The number of ether oxygens (including phenoxy) is 4. The van der Waals surface area contributed by atoms with Crippen molar-refractivity contribution in [2.75, 3.05) is 39.1 Å². The summed E-state index contributed by atoms with van der Waals surface area (Å²) >= 11 is 1.55. The molecule has 0 saturated carbocycles. The molecular formula is C19H21NO5S. The van der Waals surface area contributed by atoms with Crippen molar-refractivity contribution in [1.29, 1.82) is 0 Å². The summed E-state index contributed by atoms with van der Waals surface area (Å²) in [4.78, 5) is 14.4. The summed E-state index contributed by atoms with van der Waals surface area (Å²) in [7, 11) is 6.31. The molecule has 1 aliphatic heterocycles. The number of amides is 1. The molecule has 0 radical (unpaired) electrons. The maximum absolute atomic E-state index is 12.6. The summed E-state index contributed by atoms with van der Waals surface area (Å²) in [5.74, 6) is 2.71. The van der Waals surface area contributed by atoms with Gasteiger partial charge in [-0.15, -0.1) is 11.8 Å². The average Bonchev–Trinajstić information content (AvgIpc) is 3.07. The van der Waals surface area contributed by atoms with Gasteiger partial charge >= 0.3 is 0 Å². The van der Waals surface area contributed by atoms with Crippen LogP contribution in [0, 0.1) is 0 Å². The Morgan fingerprint density at radius 1 is 0.923 bits per heavy atom. The van der Waals surface area contributed by atoms with Crippen LogP contribution in [-0.4, -0.2) is 40.1 Å². The Balaban J connectivity index is 2.09. The minimum absolute atomic E-state index is 0.0262. The van der Waals surface area contributed by atoms with Crippen molar-refractivity contribution in [3.8, 4) is 23.0 Å². The molecule has 1 atom stereocenters. The zero-order chi connectivity index (χ0) is 18.7. The monoisotopic (exact) mass is 375 g/mol. The van der Waals surface area contributed by atoms with Gasteiger partial charge in [0.25, 0.3) is 0 Å². The summed E-state index contributed by atoms with van der Waals surface area (Å²) in [5, 5.41) is -0.215. The lowest BCUT2D eigenvalue weighted by Gasteiger charge is -2.26. The molecule has 1 heterocycles. The molecule has 0 N–H and O–H groups in total. The van der Waals surface area contributed by atoms with Crippen LogP contribution < -0.4 is 23.8 Å². The van der Waals surface area contributed by atoms with Gasteiger partial charge in [0.05, 0.1) is 39.9 Å². The number of para-hydroxylation sites is 2. The largest absolute Gasteiger partial charge is 0.495 e. The van der Waals surface area contributed by atoms with E-state index in [1.165, 1.54) is 0 Å². The normalized spacial score (nSPS) is 16.5. The Morgan fingerprint density at radius 3 is 2.12 bits per heavy atom. The molecule has 3 rings (SSSR count). The van der Waals surface area contributed by atoms with Crippen LogP contribution in [0.1, 0.15) is 10.9 Å². The molecule has 1 saturated heterocycles.